The Hall–Kier alpha value is -0.180. The van der Waals surface area contributed by atoms with E-state index >= 15 is 0 Å². The molecule has 1 rings (SSSR count). The maximum atomic E-state index is 5.73. The summed E-state index contributed by atoms with van der Waals surface area (Å²) in [6, 6.07) is 0.574. The molecule has 0 unspecified atom stereocenters. The van der Waals surface area contributed by atoms with E-state index in [1.807, 2.05) is 11.8 Å². The minimum atomic E-state index is 0.574. The van der Waals surface area contributed by atoms with Crippen molar-refractivity contribution in [2.75, 3.05) is 11.5 Å². The van der Waals surface area contributed by atoms with E-state index in [9.17, 15) is 0 Å². The average molecular weight is 186 g/mol. The van der Waals surface area contributed by atoms with Gasteiger partial charge in [-0.1, -0.05) is 13.8 Å². The Morgan fingerprint density at radius 2 is 2.25 bits per heavy atom. The first-order valence-corrected chi connectivity index (χ1v) is 5.74. The van der Waals surface area contributed by atoms with Crippen molar-refractivity contribution in [3.8, 4) is 0 Å². The van der Waals surface area contributed by atoms with Crippen molar-refractivity contribution in [2.24, 2.45) is 16.6 Å². The van der Waals surface area contributed by atoms with E-state index in [1.54, 1.807) is 0 Å². The van der Waals surface area contributed by atoms with Crippen LogP contribution in [0.2, 0.25) is 0 Å². The molecule has 0 aromatic carbocycles. The number of nitrogens with zero attached hydrogens (tertiary/aromatic N) is 1. The summed E-state index contributed by atoms with van der Waals surface area (Å²) in [6.45, 7) is 4.45. The summed E-state index contributed by atoms with van der Waals surface area (Å²) < 4.78 is 0. The Labute approximate surface area is 79.0 Å². The second kappa shape index (κ2) is 4.75. The molecule has 2 nitrogen and oxygen atoms in total. The maximum Gasteiger partial charge on any atom is 0.104 e. The largest absolute Gasteiger partial charge is 0.387 e. The van der Waals surface area contributed by atoms with E-state index in [2.05, 4.69) is 18.8 Å². The highest BCUT2D eigenvalue weighted by Gasteiger charge is 2.20. The molecule has 1 aliphatic rings. The van der Waals surface area contributed by atoms with E-state index in [-0.39, 0.29) is 0 Å². The van der Waals surface area contributed by atoms with Crippen LogP contribution in [0.4, 0.5) is 0 Å². The summed E-state index contributed by atoms with van der Waals surface area (Å²) in [4.78, 5) is 4.36. The van der Waals surface area contributed by atoms with Crippen molar-refractivity contribution in [1.29, 1.82) is 0 Å². The zero-order valence-electron chi connectivity index (χ0n) is 7.92. The highest BCUT2D eigenvalue weighted by molar-refractivity contribution is 7.99. The molecule has 2 N–H and O–H groups in total. The van der Waals surface area contributed by atoms with Gasteiger partial charge < -0.3 is 5.73 Å². The van der Waals surface area contributed by atoms with Crippen molar-refractivity contribution in [2.45, 2.75) is 32.7 Å². The molecule has 0 bridgehead atoms. The van der Waals surface area contributed by atoms with Gasteiger partial charge in [0, 0.05) is 0 Å². The fourth-order valence-electron chi connectivity index (χ4n) is 0.875. The first-order chi connectivity index (χ1) is 5.68. The smallest absolute Gasteiger partial charge is 0.104 e. The second-order valence-corrected chi connectivity index (χ2v) is 4.79. The number of nitrogens with two attached hydrogens (primary N) is 1. The molecular weight excluding hydrogens is 168 g/mol. The lowest BCUT2D eigenvalue weighted by Crippen LogP contribution is -2.16. The zero-order chi connectivity index (χ0) is 8.97. The van der Waals surface area contributed by atoms with Crippen LogP contribution in [0, 0.1) is 5.92 Å². The van der Waals surface area contributed by atoms with Crippen LogP contribution in [-0.2, 0) is 0 Å². The zero-order valence-corrected chi connectivity index (χ0v) is 8.73. The number of rotatable bonds is 5. The summed E-state index contributed by atoms with van der Waals surface area (Å²) in [5, 5.41) is 0. The Morgan fingerprint density at radius 3 is 2.75 bits per heavy atom. The van der Waals surface area contributed by atoms with Gasteiger partial charge in [-0.25, -0.2) is 0 Å². The van der Waals surface area contributed by atoms with Gasteiger partial charge in [-0.3, -0.25) is 4.99 Å². The first kappa shape index (κ1) is 9.90. The molecule has 70 valence electrons. The molecule has 0 saturated heterocycles. The summed E-state index contributed by atoms with van der Waals surface area (Å²) in [5.74, 6) is 3.68. The summed E-state index contributed by atoms with van der Waals surface area (Å²) >= 11 is 1.88. The fourth-order valence-corrected chi connectivity index (χ4v) is 1.75. The number of thioether (sulfide) groups is 1. The number of hydrogen-bond acceptors (Lipinski definition) is 2. The van der Waals surface area contributed by atoms with Crippen molar-refractivity contribution in [3.63, 3.8) is 0 Å². The molecule has 3 heteroatoms. The molecule has 1 fully saturated rings. The predicted octanol–water partition coefficient (Wildman–Crippen LogP) is 1.90. The SMILES string of the molecule is CC(C)CSCC(N)=NC1CC1. The molecule has 0 radical (unpaired) electrons. The van der Waals surface area contributed by atoms with Crippen molar-refractivity contribution >= 4 is 17.6 Å². The second-order valence-electron chi connectivity index (χ2n) is 3.76. The standard InChI is InChI=1S/C9H18N2S/c1-7(2)5-12-6-9(10)11-8-3-4-8/h7-8H,3-6H2,1-2H3,(H2,10,11). The summed E-state index contributed by atoms with van der Waals surface area (Å²) in [7, 11) is 0. The molecule has 0 aliphatic heterocycles. The minimum Gasteiger partial charge on any atom is -0.387 e. The van der Waals surface area contributed by atoms with Crippen LogP contribution in [0.3, 0.4) is 0 Å². The van der Waals surface area contributed by atoms with Crippen molar-refractivity contribution < 1.29 is 0 Å². The summed E-state index contributed by atoms with van der Waals surface area (Å²) in [6.07, 6.45) is 2.49. The number of hydrogen-bond donors (Lipinski definition) is 1. The van der Waals surface area contributed by atoms with Gasteiger partial charge in [0.25, 0.3) is 0 Å². The predicted molar refractivity (Wildman–Crippen MR) is 56.8 cm³/mol. The average Bonchev–Trinajstić information content (AvgIpc) is 2.70. The molecule has 0 atom stereocenters. The van der Waals surface area contributed by atoms with E-state index < -0.39 is 0 Å². The van der Waals surface area contributed by atoms with Crippen LogP contribution < -0.4 is 5.73 Å². The lowest BCUT2D eigenvalue weighted by Gasteiger charge is -2.03. The van der Waals surface area contributed by atoms with Crippen LogP contribution in [0.15, 0.2) is 4.99 Å². The van der Waals surface area contributed by atoms with E-state index in [0.717, 1.165) is 17.5 Å². The first-order valence-electron chi connectivity index (χ1n) is 4.58. The topological polar surface area (TPSA) is 38.4 Å². The summed E-state index contributed by atoms with van der Waals surface area (Å²) in [5.41, 5.74) is 5.73. The number of amidine groups is 1. The molecule has 0 amide bonds. The lowest BCUT2D eigenvalue weighted by molar-refractivity contribution is 0.751. The molecular formula is C9H18N2S. The normalized spacial score (nSPS) is 18.8. The van der Waals surface area contributed by atoms with Crippen molar-refractivity contribution in [3.05, 3.63) is 0 Å². The van der Waals surface area contributed by atoms with Gasteiger partial charge in [0.1, 0.15) is 5.84 Å². The maximum absolute atomic E-state index is 5.73. The third kappa shape index (κ3) is 4.65. The van der Waals surface area contributed by atoms with Gasteiger partial charge in [-0.2, -0.15) is 11.8 Å². The quantitative estimate of drug-likeness (QED) is 0.526. The van der Waals surface area contributed by atoms with E-state index in [4.69, 9.17) is 5.73 Å². The Bertz CT molecular complexity index is 162. The van der Waals surface area contributed by atoms with Crippen LogP contribution in [0.1, 0.15) is 26.7 Å². The van der Waals surface area contributed by atoms with Gasteiger partial charge in [0.05, 0.1) is 11.8 Å². The third-order valence-electron chi connectivity index (χ3n) is 1.60. The monoisotopic (exact) mass is 186 g/mol. The van der Waals surface area contributed by atoms with E-state index in [1.165, 1.54) is 18.6 Å². The molecule has 1 saturated carbocycles. The third-order valence-corrected chi connectivity index (χ3v) is 3.00. The van der Waals surface area contributed by atoms with Crippen LogP contribution in [0.25, 0.3) is 0 Å². The van der Waals surface area contributed by atoms with Crippen LogP contribution >= 0.6 is 11.8 Å². The van der Waals surface area contributed by atoms with Gasteiger partial charge in [-0.05, 0) is 24.5 Å². The minimum absolute atomic E-state index is 0.574. The van der Waals surface area contributed by atoms with Crippen LogP contribution in [0.5, 0.6) is 0 Å². The molecule has 0 aromatic heterocycles. The van der Waals surface area contributed by atoms with Gasteiger partial charge in [0.15, 0.2) is 0 Å². The Balaban J connectivity index is 2.05. The molecule has 0 spiro atoms. The number of aliphatic imine (C=N–C) groups is 1. The molecule has 0 aromatic rings. The highest BCUT2D eigenvalue weighted by atomic mass is 32.2. The Kier molecular flexibility index (Phi) is 3.92. The van der Waals surface area contributed by atoms with Crippen LogP contribution in [-0.4, -0.2) is 23.4 Å². The lowest BCUT2D eigenvalue weighted by atomic mass is 10.3. The molecule has 0 heterocycles. The van der Waals surface area contributed by atoms with Crippen molar-refractivity contribution in [1.82, 2.24) is 0 Å². The molecule has 12 heavy (non-hydrogen) atoms. The fraction of sp³-hybridized carbons (Fsp3) is 0.889. The Morgan fingerprint density at radius 1 is 1.58 bits per heavy atom. The highest BCUT2D eigenvalue weighted by Crippen LogP contribution is 2.23. The van der Waals surface area contributed by atoms with Gasteiger partial charge in [-0.15, -0.1) is 0 Å². The molecule has 1 aliphatic carbocycles. The van der Waals surface area contributed by atoms with E-state index in [0.29, 0.717) is 6.04 Å². The van der Waals surface area contributed by atoms with Gasteiger partial charge >= 0.3 is 0 Å². The van der Waals surface area contributed by atoms with Gasteiger partial charge in [0.2, 0.25) is 0 Å².